The van der Waals surface area contributed by atoms with Crippen LogP contribution in [0.25, 0.3) is 0 Å². The second kappa shape index (κ2) is 62.4. The van der Waals surface area contributed by atoms with Crippen LogP contribution >= 0.6 is 0 Å². The van der Waals surface area contributed by atoms with E-state index in [4.69, 9.17) is 56.2 Å². The average Bonchev–Trinajstić information content (AvgIpc) is 2.96. The zero-order valence-electron chi connectivity index (χ0n) is 25.7. The van der Waals surface area contributed by atoms with E-state index in [9.17, 15) is 4.79 Å². The molecule has 0 aromatic carbocycles. The molecule has 0 spiro atoms. The summed E-state index contributed by atoms with van der Waals surface area (Å²) in [6.07, 6.45) is 12.9. The van der Waals surface area contributed by atoms with Crippen LogP contribution in [0.15, 0.2) is 12.2 Å². The molecule has 0 unspecified atom stereocenters. The summed E-state index contributed by atoms with van der Waals surface area (Å²) in [6.45, 7) is 7.10. The number of aliphatic hydroxyl groups is 10. The van der Waals surface area contributed by atoms with Gasteiger partial charge in [-0.1, -0.05) is 6.58 Å². The molecule has 0 bridgehead atoms. The summed E-state index contributed by atoms with van der Waals surface area (Å²) in [7, 11) is 0. The molecule has 0 rings (SSSR count). The van der Waals surface area contributed by atoms with Crippen LogP contribution in [0, 0.1) is 0 Å². The molecule has 11 N–H and O–H groups in total. The Bertz CT molecular complexity index is 323. The predicted molar refractivity (Wildman–Crippen MR) is 163 cm³/mol. The lowest BCUT2D eigenvalue weighted by Crippen LogP contribution is -1.92. The van der Waals surface area contributed by atoms with E-state index in [-0.39, 0.29) is 71.6 Å². The molecule has 254 valence electrons. The molecule has 0 saturated carbocycles. The second-order valence-corrected chi connectivity index (χ2v) is 8.62. The van der Waals surface area contributed by atoms with E-state index in [1.165, 1.54) is 6.92 Å². The number of hydrogen-bond acceptors (Lipinski definition) is 11. The number of rotatable bonds is 21. The van der Waals surface area contributed by atoms with E-state index in [0.29, 0.717) is 0 Å². The van der Waals surface area contributed by atoms with Gasteiger partial charge in [0.05, 0.1) is 0 Å². The van der Waals surface area contributed by atoms with Gasteiger partial charge in [0.25, 0.3) is 0 Å². The lowest BCUT2D eigenvalue weighted by Gasteiger charge is -1.90. The van der Waals surface area contributed by atoms with Gasteiger partial charge >= 0.3 is 5.97 Å². The predicted octanol–water partition coefficient (Wildman–Crippen LogP) is 1.35. The van der Waals surface area contributed by atoms with Gasteiger partial charge in [0, 0.05) is 71.6 Å². The highest BCUT2D eigenvalue weighted by atomic mass is 16.4. The van der Waals surface area contributed by atoms with Crippen LogP contribution in [-0.2, 0) is 4.79 Å². The molecule has 0 aromatic heterocycles. The number of carboxylic acids is 1. The summed E-state index contributed by atoms with van der Waals surface area (Å²) < 4.78 is 0. The smallest absolute Gasteiger partial charge is 0.330 e. The maximum absolute atomic E-state index is 9.60. The molecular formula is C29H66O12. The molecule has 0 aliphatic carbocycles. The van der Waals surface area contributed by atoms with Crippen molar-refractivity contribution in [1.82, 2.24) is 0 Å². The van der Waals surface area contributed by atoms with Gasteiger partial charge in [0.2, 0.25) is 0 Å². The molecule has 12 nitrogen and oxygen atoms in total. The molecule has 0 fully saturated rings. The molecule has 41 heavy (non-hydrogen) atoms. The maximum atomic E-state index is 9.60. The Hall–Kier alpha value is -1.19. The van der Waals surface area contributed by atoms with Crippen LogP contribution in [0.1, 0.15) is 103 Å². The van der Waals surface area contributed by atoms with Gasteiger partial charge in [0.1, 0.15) is 0 Å². The number of aliphatic hydroxyl groups excluding tert-OH is 10. The Balaban J connectivity index is -0.0000000897. The topological polar surface area (TPSA) is 240 Å². The van der Waals surface area contributed by atoms with Crippen LogP contribution in [0.3, 0.4) is 0 Å². The molecule has 0 heterocycles. The van der Waals surface area contributed by atoms with Gasteiger partial charge in [-0.2, -0.15) is 0 Å². The van der Waals surface area contributed by atoms with Gasteiger partial charge in [-0.25, -0.2) is 4.79 Å². The number of carboxylic acid groups (broad SMARTS) is 1. The van der Waals surface area contributed by atoms with Gasteiger partial charge < -0.3 is 56.2 Å². The first-order valence-corrected chi connectivity index (χ1v) is 14.7. The Morgan fingerprint density at radius 3 is 0.512 bits per heavy atom. The third-order valence-electron chi connectivity index (χ3n) is 4.45. The average molecular weight is 607 g/mol. The minimum Gasteiger partial charge on any atom is -0.478 e. The molecule has 0 aromatic rings. The van der Waals surface area contributed by atoms with E-state index in [2.05, 4.69) is 6.58 Å². The Morgan fingerprint density at radius 1 is 0.366 bits per heavy atom. The highest BCUT2D eigenvalue weighted by Crippen LogP contribution is 1.92. The third-order valence-corrected chi connectivity index (χ3v) is 4.45. The molecule has 0 radical (unpaired) electrons. The summed E-state index contributed by atoms with van der Waals surface area (Å²) in [6, 6.07) is 0. The van der Waals surface area contributed by atoms with Gasteiger partial charge in [-0.15, -0.1) is 0 Å². The Labute approximate surface area is 248 Å². The first-order chi connectivity index (χ1) is 19.7. The third kappa shape index (κ3) is 101. The zero-order valence-corrected chi connectivity index (χ0v) is 25.7. The molecule has 0 atom stereocenters. The van der Waals surface area contributed by atoms with Gasteiger partial charge in [0.15, 0.2) is 0 Å². The minimum absolute atomic E-state index is 0.176. The van der Waals surface area contributed by atoms with Crippen molar-refractivity contribution in [3.05, 3.63) is 12.2 Å². The molecule has 12 heteroatoms. The van der Waals surface area contributed by atoms with Crippen molar-refractivity contribution in [3.8, 4) is 0 Å². The van der Waals surface area contributed by atoms with Crippen LogP contribution in [0.4, 0.5) is 0 Å². The number of unbranched alkanes of at least 4 members (excludes halogenated alkanes) is 10. The molecule has 0 amide bonds. The van der Waals surface area contributed by atoms with E-state index < -0.39 is 5.97 Å². The number of hydrogen-bond donors (Lipinski definition) is 11. The highest BCUT2D eigenvalue weighted by Gasteiger charge is 1.90. The number of carbonyl (C=O) groups is 1. The van der Waals surface area contributed by atoms with Crippen molar-refractivity contribution in [3.63, 3.8) is 0 Å². The Morgan fingerprint density at radius 2 is 0.463 bits per heavy atom. The summed E-state index contributed by atoms with van der Waals surface area (Å²) in [5, 5.41) is 90.0. The highest BCUT2D eigenvalue weighted by molar-refractivity contribution is 5.84. The quantitative estimate of drug-likeness (QED) is 0.0655. The minimum atomic E-state index is -0.935. The van der Waals surface area contributed by atoms with E-state index >= 15 is 0 Å². The van der Waals surface area contributed by atoms with Crippen molar-refractivity contribution >= 4 is 5.97 Å². The summed E-state index contributed by atoms with van der Waals surface area (Å²) in [5.74, 6) is -0.935. The normalized spacial score (nSPS) is 9.15. The lowest BCUT2D eigenvalue weighted by atomic mass is 10.2. The largest absolute Gasteiger partial charge is 0.478 e. The van der Waals surface area contributed by atoms with Crippen molar-refractivity contribution in [2.75, 3.05) is 66.1 Å². The standard InChI is InChI=1S/5C5H12O2.C4H6O2/c5*6-4-2-1-3-5-7;1-3(2)4(5)6/h5*6-7H,1-5H2;1H2,2H3,(H,5,6). The van der Waals surface area contributed by atoms with Crippen LogP contribution in [0.2, 0.25) is 0 Å². The van der Waals surface area contributed by atoms with Crippen LogP contribution < -0.4 is 0 Å². The van der Waals surface area contributed by atoms with Gasteiger partial charge in [-0.05, 0) is 103 Å². The zero-order chi connectivity index (χ0) is 32.8. The fourth-order valence-corrected chi connectivity index (χ4v) is 2.00. The summed E-state index contributed by atoms with van der Waals surface area (Å²) in [4.78, 5) is 9.60. The first-order valence-electron chi connectivity index (χ1n) is 14.7. The van der Waals surface area contributed by atoms with Crippen molar-refractivity contribution < 1.29 is 61.0 Å². The van der Waals surface area contributed by atoms with Crippen LogP contribution in [-0.4, -0.2) is 128 Å². The molecular weight excluding hydrogens is 540 g/mol. The van der Waals surface area contributed by atoms with Crippen LogP contribution in [0.5, 0.6) is 0 Å². The van der Waals surface area contributed by atoms with Crippen molar-refractivity contribution in [1.29, 1.82) is 0 Å². The molecule has 0 saturated heterocycles. The van der Waals surface area contributed by atoms with E-state index in [1.807, 2.05) is 0 Å². The molecule has 0 aliphatic rings. The van der Waals surface area contributed by atoms with Gasteiger partial charge in [-0.3, -0.25) is 0 Å². The van der Waals surface area contributed by atoms with Crippen molar-refractivity contribution in [2.24, 2.45) is 0 Å². The fraction of sp³-hybridized carbons (Fsp3) is 0.897. The first kappa shape index (κ1) is 52.5. The Kier molecular flexibility index (Phi) is 79.9. The lowest BCUT2D eigenvalue weighted by molar-refractivity contribution is -0.132. The van der Waals surface area contributed by atoms with E-state index in [0.717, 1.165) is 96.3 Å². The van der Waals surface area contributed by atoms with E-state index in [1.54, 1.807) is 0 Å². The summed E-state index contributed by atoms with van der Waals surface area (Å²) in [5.41, 5.74) is 0.176. The SMILES string of the molecule is C=C(C)C(=O)O.OCCCCCO.OCCCCCO.OCCCCCO.OCCCCCO.OCCCCCO. The van der Waals surface area contributed by atoms with Crippen molar-refractivity contribution in [2.45, 2.75) is 103 Å². The second-order valence-electron chi connectivity index (χ2n) is 8.62. The monoisotopic (exact) mass is 606 g/mol. The maximum Gasteiger partial charge on any atom is 0.330 e. The number of aliphatic carboxylic acids is 1. The summed E-state index contributed by atoms with van der Waals surface area (Å²) >= 11 is 0. The molecule has 0 aliphatic heterocycles. The fourth-order valence-electron chi connectivity index (χ4n) is 2.00.